The lowest BCUT2D eigenvalue weighted by molar-refractivity contribution is 0.309. The fourth-order valence-electron chi connectivity index (χ4n) is 2.82. The third kappa shape index (κ3) is 4.60. The highest BCUT2D eigenvalue weighted by molar-refractivity contribution is 5.81. The van der Waals surface area contributed by atoms with Gasteiger partial charge in [-0.05, 0) is 51.6 Å². The van der Waals surface area contributed by atoms with Gasteiger partial charge in [0.25, 0.3) is 0 Å². The molecule has 0 aliphatic carbocycles. The number of fused-ring (bicyclic) bond motifs is 1. The Morgan fingerprint density at radius 2 is 1.92 bits per heavy atom. The molecule has 0 bridgehead atoms. The molecular formula is C20H30N2O2. The summed E-state index contributed by atoms with van der Waals surface area (Å²) in [7, 11) is 2.07. The van der Waals surface area contributed by atoms with Crippen LogP contribution < -0.4 is 10.2 Å². The number of pyridine rings is 1. The fraction of sp³-hybridized carbons (Fsp3) is 0.550. The van der Waals surface area contributed by atoms with Crippen LogP contribution in [0.2, 0.25) is 0 Å². The van der Waals surface area contributed by atoms with Crippen LogP contribution >= 0.6 is 0 Å². The standard InChI is InChI=1S/C20H30N2O2/c1-5-7-11-22(4)14-18-15(3)21-19-10-9-16(24-12-8-6-2)13-17(19)20(18)23/h9-10,13H,5-8,11-12,14H2,1-4H3,(H,21,23). The summed E-state index contributed by atoms with van der Waals surface area (Å²) >= 11 is 0. The smallest absolute Gasteiger partial charge is 0.194 e. The van der Waals surface area contributed by atoms with Crippen LogP contribution in [-0.2, 0) is 6.54 Å². The van der Waals surface area contributed by atoms with Gasteiger partial charge in [-0.3, -0.25) is 4.79 Å². The molecule has 1 N–H and O–H groups in total. The molecule has 2 aromatic rings. The maximum absolute atomic E-state index is 12.9. The van der Waals surface area contributed by atoms with E-state index in [1.54, 1.807) is 0 Å². The summed E-state index contributed by atoms with van der Waals surface area (Å²) in [5.41, 5.74) is 2.80. The van der Waals surface area contributed by atoms with E-state index >= 15 is 0 Å². The number of aromatic amines is 1. The maximum Gasteiger partial charge on any atom is 0.194 e. The van der Waals surface area contributed by atoms with Gasteiger partial charge in [0.1, 0.15) is 5.75 Å². The van der Waals surface area contributed by atoms with Crippen LogP contribution in [-0.4, -0.2) is 30.1 Å². The number of nitrogens with one attached hydrogen (secondary N) is 1. The molecule has 1 aromatic carbocycles. The first kappa shape index (κ1) is 18.5. The number of hydrogen-bond acceptors (Lipinski definition) is 3. The van der Waals surface area contributed by atoms with E-state index in [1.165, 1.54) is 0 Å². The van der Waals surface area contributed by atoms with Gasteiger partial charge in [0, 0.05) is 28.7 Å². The molecule has 0 saturated heterocycles. The van der Waals surface area contributed by atoms with E-state index in [0.717, 1.165) is 54.8 Å². The molecule has 4 nitrogen and oxygen atoms in total. The van der Waals surface area contributed by atoms with Gasteiger partial charge >= 0.3 is 0 Å². The second-order valence-corrected chi connectivity index (χ2v) is 6.56. The summed E-state index contributed by atoms with van der Waals surface area (Å²) in [6.45, 7) is 8.68. The molecule has 1 heterocycles. The second-order valence-electron chi connectivity index (χ2n) is 6.56. The van der Waals surface area contributed by atoms with Gasteiger partial charge in [-0.1, -0.05) is 26.7 Å². The van der Waals surface area contributed by atoms with Gasteiger partial charge in [0.2, 0.25) is 0 Å². The average Bonchev–Trinajstić information content (AvgIpc) is 2.57. The Morgan fingerprint density at radius 1 is 1.17 bits per heavy atom. The molecule has 2 rings (SSSR count). The summed E-state index contributed by atoms with van der Waals surface area (Å²) in [4.78, 5) is 18.5. The van der Waals surface area contributed by atoms with Gasteiger partial charge in [-0.15, -0.1) is 0 Å². The summed E-state index contributed by atoms with van der Waals surface area (Å²) in [6, 6.07) is 5.74. The van der Waals surface area contributed by atoms with E-state index in [2.05, 4.69) is 30.8 Å². The van der Waals surface area contributed by atoms with Gasteiger partial charge in [0.15, 0.2) is 5.43 Å². The maximum atomic E-state index is 12.9. The van der Waals surface area contributed by atoms with E-state index in [4.69, 9.17) is 4.74 Å². The summed E-state index contributed by atoms with van der Waals surface area (Å²) < 4.78 is 5.75. The van der Waals surface area contributed by atoms with E-state index in [9.17, 15) is 4.79 Å². The largest absolute Gasteiger partial charge is 0.494 e. The minimum atomic E-state index is 0.116. The zero-order chi connectivity index (χ0) is 17.5. The highest BCUT2D eigenvalue weighted by Crippen LogP contribution is 2.19. The topological polar surface area (TPSA) is 45.3 Å². The first-order chi connectivity index (χ1) is 11.6. The fourth-order valence-corrected chi connectivity index (χ4v) is 2.82. The van der Waals surface area contributed by atoms with Crippen molar-refractivity contribution in [1.29, 1.82) is 0 Å². The number of rotatable bonds is 9. The monoisotopic (exact) mass is 330 g/mol. The predicted octanol–water partition coefficient (Wildman–Crippen LogP) is 4.25. The van der Waals surface area contributed by atoms with Crippen molar-refractivity contribution in [2.75, 3.05) is 20.2 Å². The second kappa shape index (κ2) is 8.88. The molecule has 0 amide bonds. The predicted molar refractivity (Wildman–Crippen MR) is 101 cm³/mol. The van der Waals surface area contributed by atoms with E-state index in [1.807, 2.05) is 25.1 Å². The van der Waals surface area contributed by atoms with Crippen molar-refractivity contribution in [3.05, 3.63) is 39.7 Å². The SMILES string of the molecule is CCCCOc1ccc2[nH]c(C)c(CN(C)CCCC)c(=O)c2c1. The lowest BCUT2D eigenvalue weighted by atomic mass is 10.1. The molecule has 1 aromatic heterocycles. The van der Waals surface area contributed by atoms with Crippen molar-refractivity contribution >= 4 is 10.9 Å². The highest BCUT2D eigenvalue weighted by Gasteiger charge is 2.12. The van der Waals surface area contributed by atoms with Crippen LogP contribution in [0.5, 0.6) is 5.75 Å². The molecule has 132 valence electrons. The molecule has 0 aliphatic heterocycles. The van der Waals surface area contributed by atoms with E-state index < -0.39 is 0 Å². The zero-order valence-corrected chi connectivity index (χ0v) is 15.4. The van der Waals surface area contributed by atoms with Gasteiger partial charge in [-0.2, -0.15) is 0 Å². The number of unbranched alkanes of at least 4 members (excludes halogenated alkanes) is 2. The summed E-state index contributed by atoms with van der Waals surface area (Å²) in [5.74, 6) is 0.774. The number of nitrogens with zero attached hydrogens (tertiary/aromatic N) is 1. The Kier molecular flexibility index (Phi) is 6.85. The average molecular weight is 330 g/mol. The number of benzene rings is 1. The molecule has 0 atom stereocenters. The number of aromatic nitrogens is 1. The first-order valence-corrected chi connectivity index (χ1v) is 9.03. The molecule has 24 heavy (non-hydrogen) atoms. The minimum Gasteiger partial charge on any atom is -0.494 e. The first-order valence-electron chi connectivity index (χ1n) is 9.03. The van der Waals surface area contributed by atoms with Crippen LogP contribution in [0.15, 0.2) is 23.0 Å². The Bertz CT molecular complexity index is 721. The van der Waals surface area contributed by atoms with Crippen LogP contribution in [0.3, 0.4) is 0 Å². The van der Waals surface area contributed by atoms with Crippen LogP contribution in [0.4, 0.5) is 0 Å². The van der Waals surface area contributed by atoms with E-state index in [-0.39, 0.29) is 5.43 Å². The summed E-state index contributed by atoms with van der Waals surface area (Å²) in [6.07, 6.45) is 4.43. The Labute approximate surface area is 144 Å². The van der Waals surface area contributed by atoms with Crippen molar-refractivity contribution in [1.82, 2.24) is 9.88 Å². The normalized spacial score (nSPS) is 11.4. The van der Waals surface area contributed by atoms with Crippen molar-refractivity contribution in [3.63, 3.8) is 0 Å². The number of aryl methyl sites for hydroxylation is 1. The van der Waals surface area contributed by atoms with Gasteiger partial charge in [-0.25, -0.2) is 0 Å². The van der Waals surface area contributed by atoms with Gasteiger partial charge < -0.3 is 14.6 Å². The number of H-pyrrole nitrogens is 1. The Morgan fingerprint density at radius 3 is 2.62 bits per heavy atom. The van der Waals surface area contributed by atoms with Crippen molar-refractivity contribution in [3.8, 4) is 5.75 Å². The van der Waals surface area contributed by atoms with Crippen LogP contribution in [0.25, 0.3) is 10.9 Å². The van der Waals surface area contributed by atoms with Crippen molar-refractivity contribution in [2.45, 2.75) is 53.0 Å². The van der Waals surface area contributed by atoms with Crippen molar-refractivity contribution < 1.29 is 4.74 Å². The van der Waals surface area contributed by atoms with E-state index in [0.29, 0.717) is 18.5 Å². The molecule has 0 saturated carbocycles. The van der Waals surface area contributed by atoms with Crippen LogP contribution in [0.1, 0.15) is 50.8 Å². The Hall–Kier alpha value is -1.81. The number of hydrogen-bond donors (Lipinski definition) is 1. The number of ether oxygens (including phenoxy) is 1. The summed E-state index contributed by atoms with van der Waals surface area (Å²) in [5, 5.41) is 0.716. The Balaban J connectivity index is 2.29. The zero-order valence-electron chi connectivity index (χ0n) is 15.4. The lowest BCUT2D eigenvalue weighted by Crippen LogP contribution is -2.25. The highest BCUT2D eigenvalue weighted by atomic mass is 16.5. The van der Waals surface area contributed by atoms with Gasteiger partial charge in [0.05, 0.1) is 6.61 Å². The molecule has 0 spiro atoms. The van der Waals surface area contributed by atoms with Crippen molar-refractivity contribution in [2.24, 2.45) is 0 Å². The third-order valence-electron chi connectivity index (χ3n) is 4.37. The molecule has 0 unspecified atom stereocenters. The molecule has 4 heteroatoms. The molecule has 0 radical (unpaired) electrons. The minimum absolute atomic E-state index is 0.116. The quantitative estimate of drug-likeness (QED) is 0.699. The van der Waals surface area contributed by atoms with Crippen LogP contribution in [0, 0.1) is 6.92 Å². The molecule has 0 fully saturated rings. The molecule has 0 aliphatic rings. The molecular weight excluding hydrogens is 300 g/mol. The lowest BCUT2D eigenvalue weighted by Gasteiger charge is -2.18. The third-order valence-corrected chi connectivity index (χ3v) is 4.37.